The number of hydrogen-bond donors (Lipinski definition) is 4. The molecule has 0 aromatic rings. The summed E-state index contributed by atoms with van der Waals surface area (Å²) >= 11 is 0. The van der Waals surface area contributed by atoms with E-state index in [9.17, 15) is 20.1 Å². The summed E-state index contributed by atoms with van der Waals surface area (Å²) in [6.07, 6.45) is 37.3. The summed E-state index contributed by atoms with van der Waals surface area (Å²) < 4.78 is 0. The van der Waals surface area contributed by atoms with Crippen LogP contribution in [0.2, 0.25) is 0 Å². The Labute approximate surface area is 254 Å². The number of aliphatic hydroxyl groups excluding tert-OH is 3. The van der Waals surface area contributed by atoms with Gasteiger partial charge in [-0.1, -0.05) is 159 Å². The molecule has 0 heterocycles. The molecule has 240 valence electrons. The van der Waals surface area contributed by atoms with E-state index in [1.54, 1.807) is 6.08 Å². The van der Waals surface area contributed by atoms with Crippen LogP contribution < -0.4 is 5.32 Å². The van der Waals surface area contributed by atoms with E-state index in [2.05, 4.69) is 43.5 Å². The van der Waals surface area contributed by atoms with Crippen molar-refractivity contribution in [2.24, 2.45) is 0 Å². The largest absolute Gasteiger partial charge is 0.394 e. The number of allylic oxidation sites excluding steroid dienone is 5. The SMILES string of the molecule is CCCC/C=C/CC/C=C/CC/C=C/C(O)C(CO)NC(=O)C(O)CCCCCCCCCCCCCCCCC. The summed E-state index contributed by atoms with van der Waals surface area (Å²) in [6, 6.07) is -0.815. The quantitative estimate of drug-likeness (QED) is 0.0507. The van der Waals surface area contributed by atoms with Gasteiger partial charge in [0, 0.05) is 0 Å². The van der Waals surface area contributed by atoms with Gasteiger partial charge in [0.2, 0.25) is 5.91 Å². The fourth-order valence-electron chi connectivity index (χ4n) is 4.91. The zero-order valence-corrected chi connectivity index (χ0v) is 26.9. The van der Waals surface area contributed by atoms with Crippen LogP contribution in [0.5, 0.6) is 0 Å². The first-order chi connectivity index (χ1) is 20.1. The second kappa shape index (κ2) is 31.5. The summed E-state index contributed by atoms with van der Waals surface area (Å²) in [5, 5.41) is 32.8. The number of hydrogen-bond acceptors (Lipinski definition) is 4. The third-order valence-corrected chi connectivity index (χ3v) is 7.71. The van der Waals surface area contributed by atoms with E-state index >= 15 is 0 Å². The molecule has 0 aromatic heterocycles. The van der Waals surface area contributed by atoms with Crippen molar-refractivity contribution >= 4 is 5.91 Å². The predicted molar refractivity (Wildman–Crippen MR) is 176 cm³/mol. The van der Waals surface area contributed by atoms with Crippen LogP contribution in [0.1, 0.15) is 162 Å². The van der Waals surface area contributed by atoms with Gasteiger partial charge in [0.1, 0.15) is 6.10 Å². The Kier molecular flexibility index (Phi) is 30.4. The van der Waals surface area contributed by atoms with Crippen molar-refractivity contribution in [1.29, 1.82) is 0 Å². The molecule has 0 spiro atoms. The summed E-state index contributed by atoms with van der Waals surface area (Å²) in [6.45, 7) is 4.09. The van der Waals surface area contributed by atoms with Crippen LogP contribution in [0.15, 0.2) is 36.5 Å². The van der Waals surface area contributed by atoms with E-state index in [1.165, 1.54) is 96.3 Å². The van der Waals surface area contributed by atoms with Crippen LogP contribution in [0.4, 0.5) is 0 Å². The molecule has 0 saturated carbocycles. The summed E-state index contributed by atoms with van der Waals surface area (Å²) in [4.78, 5) is 12.3. The van der Waals surface area contributed by atoms with E-state index < -0.39 is 24.2 Å². The molecule has 0 radical (unpaired) electrons. The van der Waals surface area contributed by atoms with Gasteiger partial charge in [-0.2, -0.15) is 0 Å². The highest BCUT2D eigenvalue weighted by atomic mass is 16.3. The molecular formula is C36H67NO4. The Hall–Kier alpha value is -1.43. The summed E-state index contributed by atoms with van der Waals surface area (Å²) in [5.41, 5.74) is 0. The van der Waals surface area contributed by atoms with Gasteiger partial charge < -0.3 is 20.6 Å². The maximum absolute atomic E-state index is 12.3. The number of aliphatic hydroxyl groups is 3. The maximum atomic E-state index is 12.3. The molecule has 5 nitrogen and oxygen atoms in total. The second-order valence-electron chi connectivity index (χ2n) is 11.7. The Morgan fingerprint density at radius 2 is 1.00 bits per heavy atom. The van der Waals surface area contributed by atoms with Crippen LogP contribution in [0.25, 0.3) is 0 Å². The number of carbonyl (C=O) groups excluding carboxylic acids is 1. The molecule has 0 rings (SSSR count). The number of amides is 1. The lowest BCUT2D eigenvalue weighted by Gasteiger charge is -2.21. The van der Waals surface area contributed by atoms with E-state index in [1.807, 2.05) is 6.08 Å². The van der Waals surface area contributed by atoms with E-state index in [4.69, 9.17) is 0 Å². The van der Waals surface area contributed by atoms with Crippen LogP contribution >= 0.6 is 0 Å². The lowest BCUT2D eigenvalue weighted by Crippen LogP contribution is -2.48. The first-order valence-corrected chi connectivity index (χ1v) is 17.3. The number of unbranched alkanes of at least 4 members (excludes halogenated alkanes) is 18. The fourth-order valence-corrected chi connectivity index (χ4v) is 4.91. The molecule has 4 N–H and O–H groups in total. The van der Waals surface area contributed by atoms with Crippen molar-refractivity contribution in [2.75, 3.05) is 6.61 Å². The molecule has 41 heavy (non-hydrogen) atoms. The molecule has 0 bridgehead atoms. The third kappa shape index (κ3) is 27.2. The number of carbonyl (C=O) groups is 1. The lowest BCUT2D eigenvalue weighted by molar-refractivity contribution is -0.131. The zero-order chi connectivity index (χ0) is 30.2. The monoisotopic (exact) mass is 578 g/mol. The Balaban J connectivity index is 3.82. The maximum Gasteiger partial charge on any atom is 0.249 e. The first-order valence-electron chi connectivity index (χ1n) is 17.3. The van der Waals surface area contributed by atoms with Crippen LogP contribution in [0.3, 0.4) is 0 Å². The van der Waals surface area contributed by atoms with Crippen LogP contribution in [0, 0.1) is 0 Å². The Morgan fingerprint density at radius 3 is 1.46 bits per heavy atom. The molecule has 5 heteroatoms. The minimum Gasteiger partial charge on any atom is -0.394 e. The molecule has 0 aliphatic rings. The number of nitrogens with one attached hydrogen (secondary N) is 1. The zero-order valence-electron chi connectivity index (χ0n) is 26.9. The lowest BCUT2D eigenvalue weighted by atomic mass is 10.0. The van der Waals surface area contributed by atoms with Gasteiger partial charge in [-0.25, -0.2) is 0 Å². The average molecular weight is 578 g/mol. The van der Waals surface area contributed by atoms with Gasteiger partial charge in [0.15, 0.2) is 0 Å². The molecule has 0 aromatic carbocycles. The van der Waals surface area contributed by atoms with Gasteiger partial charge in [-0.05, 0) is 38.5 Å². The van der Waals surface area contributed by atoms with Gasteiger partial charge in [-0.3, -0.25) is 4.79 Å². The normalized spacial score (nSPS) is 14.4. The molecule has 0 aliphatic heterocycles. The summed E-state index contributed by atoms with van der Waals surface area (Å²) in [5.74, 6) is -0.520. The van der Waals surface area contributed by atoms with Gasteiger partial charge >= 0.3 is 0 Å². The highest BCUT2D eigenvalue weighted by molar-refractivity contribution is 5.80. The van der Waals surface area contributed by atoms with Crippen LogP contribution in [-0.2, 0) is 4.79 Å². The van der Waals surface area contributed by atoms with Gasteiger partial charge in [-0.15, -0.1) is 0 Å². The van der Waals surface area contributed by atoms with E-state index in [0.29, 0.717) is 6.42 Å². The molecule has 0 saturated heterocycles. The highest BCUT2D eigenvalue weighted by Gasteiger charge is 2.22. The van der Waals surface area contributed by atoms with Crippen molar-refractivity contribution in [3.63, 3.8) is 0 Å². The third-order valence-electron chi connectivity index (χ3n) is 7.71. The summed E-state index contributed by atoms with van der Waals surface area (Å²) in [7, 11) is 0. The molecule has 0 aliphatic carbocycles. The molecular weight excluding hydrogens is 510 g/mol. The smallest absolute Gasteiger partial charge is 0.249 e. The van der Waals surface area contributed by atoms with Crippen molar-refractivity contribution in [3.05, 3.63) is 36.5 Å². The predicted octanol–water partition coefficient (Wildman–Crippen LogP) is 8.87. The molecule has 0 fully saturated rings. The van der Waals surface area contributed by atoms with Crippen LogP contribution in [-0.4, -0.2) is 46.1 Å². The van der Waals surface area contributed by atoms with Gasteiger partial charge in [0.25, 0.3) is 0 Å². The van der Waals surface area contributed by atoms with Crippen molar-refractivity contribution < 1.29 is 20.1 Å². The average Bonchev–Trinajstić information content (AvgIpc) is 2.98. The van der Waals surface area contributed by atoms with E-state index in [0.717, 1.165) is 44.9 Å². The minimum absolute atomic E-state index is 0.380. The molecule has 3 atom stereocenters. The Morgan fingerprint density at radius 1 is 0.585 bits per heavy atom. The standard InChI is InChI=1S/C36H67NO4/c1-3-5-7-9-11-13-15-17-18-19-21-23-25-27-29-31-35(40)36(41)37-33(32-38)34(39)30-28-26-24-22-20-16-14-12-10-8-6-4-2/h10,12,20,22,28,30,33-35,38-40H,3-9,11,13-19,21,23-27,29,31-32H2,1-2H3,(H,37,41)/b12-10+,22-20+,30-28+. The first kappa shape index (κ1) is 39.6. The second-order valence-corrected chi connectivity index (χ2v) is 11.7. The minimum atomic E-state index is -1.10. The highest BCUT2D eigenvalue weighted by Crippen LogP contribution is 2.14. The van der Waals surface area contributed by atoms with E-state index in [-0.39, 0.29) is 6.61 Å². The van der Waals surface area contributed by atoms with Crippen molar-refractivity contribution in [1.82, 2.24) is 5.32 Å². The van der Waals surface area contributed by atoms with Crippen molar-refractivity contribution in [3.8, 4) is 0 Å². The van der Waals surface area contributed by atoms with Gasteiger partial charge in [0.05, 0.1) is 18.8 Å². The number of rotatable bonds is 30. The Bertz CT molecular complexity index is 645. The molecule has 3 unspecified atom stereocenters. The molecule has 1 amide bonds. The van der Waals surface area contributed by atoms with Crippen molar-refractivity contribution in [2.45, 2.75) is 180 Å². The fraction of sp³-hybridized carbons (Fsp3) is 0.806. The topological polar surface area (TPSA) is 89.8 Å².